The first-order valence-electron chi connectivity index (χ1n) is 7.96. The molecule has 1 aromatic carbocycles. The van der Waals surface area contributed by atoms with Crippen molar-refractivity contribution in [2.75, 3.05) is 36.4 Å². The number of aromatic nitrogens is 2. The van der Waals surface area contributed by atoms with Gasteiger partial charge in [-0.1, -0.05) is 11.6 Å². The number of carbonyl (C=O) groups excluding carboxylic acids is 1. The minimum Gasteiger partial charge on any atom is -0.338 e. The fourth-order valence-corrected chi connectivity index (χ4v) is 2.84. The van der Waals surface area contributed by atoms with Crippen LogP contribution >= 0.6 is 11.6 Å². The van der Waals surface area contributed by atoms with Crippen LogP contribution in [0.4, 0.5) is 11.6 Å². The van der Waals surface area contributed by atoms with Crippen LogP contribution in [0.1, 0.15) is 6.92 Å². The number of halogens is 1. The van der Waals surface area contributed by atoms with E-state index in [0.717, 1.165) is 37.8 Å². The molecule has 0 radical (unpaired) electrons. The number of rotatable bonds is 4. The van der Waals surface area contributed by atoms with Crippen molar-refractivity contribution in [1.82, 2.24) is 14.9 Å². The van der Waals surface area contributed by atoms with E-state index >= 15 is 0 Å². The molecule has 1 saturated heterocycles. The number of nitrogens with zero attached hydrogens (tertiary/aromatic N) is 4. The number of anilines is 2. The van der Waals surface area contributed by atoms with Crippen molar-refractivity contribution in [3.63, 3.8) is 0 Å². The number of amides is 1. The summed E-state index contributed by atoms with van der Waals surface area (Å²) in [6.07, 6.45) is 3.49. The lowest BCUT2D eigenvalue weighted by atomic mass is 10.2. The molecule has 0 bridgehead atoms. The van der Waals surface area contributed by atoms with Gasteiger partial charge in [-0.15, -0.1) is 0 Å². The Morgan fingerprint density at radius 3 is 2.38 bits per heavy atom. The Hall–Kier alpha value is -2.18. The molecular weight excluding hydrogens is 326 g/mol. The Labute approximate surface area is 146 Å². The van der Waals surface area contributed by atoms with Gasteiger partial charge in [-0.2, -0.15) is 0 Å². The summed E-state index contributed by atoms with van der Waals surface area (Å²) in [5.74, 6) is 0.733. The third kappa shape index (κ3) is 4.01. The van der Waals surface area contributed by atoms with E-state index in [1.54, 1.807) is 36.7 Å². The lowest BCUT2D eigenvalue weighted by Gasteiger charge is -2.37. The molecule has 0 saturated carbocycles. The molecule has 2 aromatic rings. The SMILES string of the molecule is C[C@H](C(=O)Nc1ccc(Cl)cc1)N1CCN(c2ncccn2)CC1. The molecule has 1 N–H and O–H groups in total. The Kier molecular flexibility index (Phi) is 5.27. The number of carbonyl (C=O) groups is 1. The molecule has 0 spiro atoms. The van der Waals surface area contributed by atoms with Gasteiger partial charge < -0.3 is 10.2 Å². The lowest BCUT2D eigenvalue weighted by Crippen LogP contribution is -2.53. The van der Waals surface area contributed by atoms with Crippen molar-refractivity contribution in [2.24, 2.45) is 0 Å². The van der Waals surface area contributed by atoms with Gasteiger partial charge >= 0.3 is 0 Å². The zero-order chi connectivity index (χ0) is 16.9. The van der Waals surface area contributed by atoms with Gasteiger partial charge in [-0.05, 0) is 37.3 Å². The quantitative estimate of drug-likeness (QED) is 0.921. The fourth-order valence-electron chi connectivity index (χ4n) is 2.71. The van der Waals surface area contributed by atoms with E-state index in [0.29, 0.717) is 5.02 Å². The number of benzene rings is 1. The van der Waals surface area contributed by atoms with E-state index in [1.807, 2.05) is 13.0 Å². The van der Waals surface area contributed by atoms with Crippen LogP contribution in [-0.4, -0.2) is 53.0 Å². The summed E-state index contributed by atoms with van der Waals surface area (Å²) in [5.41, 5.74) is 0.757. The van der Waals surface area contributed by atoms with Gasteiger partial charge in [0, 0.05) is 49.3 Å². The number of nitrogens with one attached hydrogen (secondary N) is 1. The topological polar surface area (TPSA) is 61.4 Å². The van der Waals surface area contributed by atoms with Gasteiger partial charge in [-0.25, -0.2) is 9.97 Å². The summed E-state index contributed by atoms with van der Waals surface area (Å²) in [7, 11) is 0. The summed E-state index contributed by atoms with van der Waals surface area (Å²) in [6.45, 7) is 5.14. The first-order valence-corrected chi connectivity index (χ1v) is 8.34. The second-order valence-electron chi connectivity index (χ2n) is 5.74. The molecule has 3 rings (SSSR count). The van der Waals surface area contributed by atoms with Gasteiger partial charge in [0.2, 0.25) is 11.9 Å². The highest BCUT2D eigenvalue weighted by molar-refractivity contribution is 6.30. The van der Waals surface area contributed by atoms with Crippen molar-refractivity contribution in [1.29, 1.82) is 0 Å². The summed E-state index contributed by atoms with van der Waals surface area (Å²) >= 11 is 5.86. The van der Waals surface area contributed by atoms with Gasteiger partial charge in [-0.3, -0.25) is 9.69 Å². The summed E-state index contributed by atoms with van der Waals surface area (Å²) in [6, 6.07) is 8.75. The van der Waals surface area contributed by atoms with Crippen LogP contribution in [0.15, 0.2) is 42.7 Å². The second kappa shape index (κ2) is 7.59. The van der Waals surface area contributed by atoms with Crippen molar-refractivity contribution in [3.05, 3.63) is 47.7 Å². The molecule has 1 atom stereocenters. The summed E-state index contributed by atoms with van der Waals surface area (Å²) in [4.78, 5) is 25.3. The van der Waals surface area contributed by atoms with Crippen LogP contribution in [0.25, 0.3) is 0 Å². The van der Waals surface area contributed by atoms with Crippen LogP contribution in [0.5, 0.6) is 0 Å². The maximum Gasteiger partial charge on any atom is 0.241 e. The molecular formula is C17H20ClN5O. The Morgan fingerprint density at radius 2 is 1.75 bits per heavy atom. The molecule has 1 fully saturated rings. The Morgan fingerprint density at radius 1 is 1.12 bits per heavy atom. The maximum absolute atomic E-state index is 12.4. The smallest absolute Gasteiger partial charge is 0.241 e. The fraction of sp³-hybridized carbons (Fsp3) is 0.353. The second-order valence-corrected chi connectivity index (χ2v) is 6.18. The monoisotopic (exact) mass is 345 g/mol. The molecule has 1 aliphatic rings. The Bertz CT molecular complexity index is 671. The normalized spacial score (nSPS) is 16.7. The van der Waals surface area contributed by atoms with Crippen LogP contribution in [0.2, 0.25) is 5.02 Å². The molecule has 6 nitrogen and oxygen atoms in total. The third-order valence-corrected chi connectivity index (χ3v) is 4.44. The van der Waals surface area contributed by atoms with Crippen molar-refractivity contribution in [3.8, 4) is 0 Å². The maximum atomic E-state index is 12.4. The largest absolute Gasteiger partial charge is 0.338 e. The zero-order valence-electron chi connectivity index (χ0n) is 13.5. The average molecular weight is 346 g/mol. The minimum absolute atomic E-state index is 0.0123. The van der Waals surface area contributed by atoms with E-state index in [4.69, 9.17) is 11.6 Å². The predicted octanol–water partition coefficient (Wildman–Crippen LogP) is 2.28. The molecule has 1 aromatic heterocycles. The van der Waals surface area contributed by atoms with Crippen LogP contribution in [0, 0.1) is 0 Å². The van der Waals surface area contributed by atoms with Gasteiger partial charge in [0.1, 0.15) is 0 Å². The van der Waals surface area contributed by atoms with E-state index < -0.39 is 0 Å². The highest BCUT2D eigenvalue weighted by Crippen LogP contribution is 2.16. The van der Waals surface area contributed by atoms with E-state index in [-0.39, 0.29) is 11.9 Å². The number of hydrogen-bond donors (Lipinski definition) is 1. The third-order valence-electron chi connectivity index (χ3n) is 4.19. The zero-order valence-corrected chi connectivity index (χ0v) is 14.3. The molecule has 24 heavy (non-hydrogen) atoms. The number of hydrogen-bond acceptors (Lipinski definition) is 5. The van der Waals surface area contributed by atoms with Crippen molar-refractivity contribution >= 4 is 29.1 Å². The first kappa shape index (κ1) is 16.7. The standard InChI is InChI=1S/C17H20ClN5O/c1-13(16(24)21-15-5-3-14(18)4-6-15)22-9-11-23(12-10-22)17-19-7-2-8-20-17/h2-8,13H,9-12H2,1H3,(H,21,24)/t13-/m1/s1. The predicted molar refractivity (Wildman–Crippen MR) is 95.4 cm³/mol. The highest BCUT2D eigenvalue weighted by atomic mass is 35.5. The first-order chi connectivity index (χ1) is 11.6. The summed E-state index contributed by atoms with van der Waals surface area (Å²) < 4.78 is 0. The molecule has 2 heterocycles. The van der Waals surface area contributed by atoms with Crippen molar-refractivity contribution < 1.29 is 4.79 Å². The van der Waals surface area contributed by atoms with Crippen LogP contribution < -0.4 is 10.2 Å². The van der Waals surface area contributed by atoms with E-state index in [9.17, 15) is 4.79 Å². The molecule has 0 unspecified atom stereocenters. The molecule has 7 heteroatoms. The molecule has 126 valence electrons. The summed E-state index contributed by atoms with van der Waals surface area (Å²) in [5, 5.41) is 3.58. The van der Waals surface area contributed by atoms with Crippen LogP contribution in [-0.2, 0) is 4.79 Å². The van der Waals surface area contributed by atoms with E-state index in [1.165, 1.54) is 0 Å². The average Bonchev–Trinajstić information content (AvgIpc) is 2.64. The Balaban J connectivity index is 1.53. The minimum atomic E-state index is -0.195. The molecule has 1 amide bonds. The van der Waals surface area contributed by atoms with E-state index in [2.05, 4.69) is 25.1 Å². The van der Waals surface area contributed by atoms with Crippen LogP contribution in [0.3, 0.4) is 0 Å². The molecule has 1 aliphatic heterocycles. The molecule has 0 aliphatic carbocycles. The van der Waals surface area contributed by atoms with Gasteiger partial charge in [0.15, 0.2) is 0 Å². The van der Waals surface area contributed by atoms with Crippen molar-refractivity contribution in [2.45, 2.75) is 13.0 Å². The van der Waals surface area contributed by atoms with Gasteiger partial charge in [0.05, 0.1) is 6.04 Å². The number of piperazine rings is 1. The lowest BCUT2D eigenvalue weighted by molar-refractivity contribution is -0.120. The highest BCUT2D eigenvalue weighted by Gasteiger charge is 2.26. The van der Waals surface area contributed by atoms with Gasteiger partial charge in [0.25, 0.3) is 0 Å².